The molecule has 10 nitrogen and oxygen atoms in total. The van der Waals surface area contributed by atoms with Crippen molar-refractivity contribution in [3.05, 3.63) is 54.4 Å². The van der Waals surface area contributed by atoms with Gasteiger partial charge in [0.2, 0.25) is 17.7 Å². The van der Waals surface area contributed by atoms with Crippen LogP contribution < -0.4 is 32.0 Å². The number of amides is 1. The van der Waals surface area contributed by atoms with Crippen LogP contribution in [-0.4, -0.2) is 28.0 Å². The van der Waals surface area contributed by atoms with Crippen LogP contribution in [-0.2, 0) is 11.3 Å². The van der Waals surface area contributed by atoms with E-state index in [1.807, 2.05) is 38.1 Å². The van der Waals surface area contributed by atoms with Gasteiger partial charge in [0.05, 0.1) is 36.6 Å². The molecular formula is C22H28N8O2. The summed E-state index contributed by atoms with van der Waals surface area (Å²) in [6.45, 7) is 4.42. The molecule has 1 aromatic carbocycles. The van der Waals surface area contributed by atoms with Crippen LogP contribution in [0.25, 0.3) is 0 Å². The van der Waals surface area contributed by atoms with E-state index in [4.69, 9.17) is 16.3 Å². The number of aromatic nitrogens is 3. The molecule has 2 heterocycles. The molecule has 6 N–H and O–H groups in total. The van der Waals surface area contributed by atoms with Gasteiger partial charge in [-0.2, -0.15) is 4.98 Å². The minimum absolute atomic E-state index is 0.0128. The van der Waals surface area contributed by atoms with E-state index in [2.05, 4.69) is 25.6 Å². The number of nitrogens with one attached hydrogen (secondary N) is 2. The molecule has 32 heavy (non-hydrogen) atoms. The number of hydrogen-bond donors (Lipinski definition) is 4. The summed E-state index contributed by atoms with van der Waals surface area (Å²) < 4.78 is 5.06. The third kappa shape index (κ3) is 6.05. The Labute approximate surface area is 187 Å². The Bertz CT molecular complexity index is 1060. The van der Waals surface area contributed by atoms with Gasteiger partial charge in [-0.05, 0) is 29.7 Å². The van der Waals surface area contributed by atoms with E-state index in [0.29, 0.717) is 53.6 Å². The van der Waals surface area contributed by atoms with Crippen LogP contribution in [0.4, 0.5) is 28.8 Å². The average molecular weight is 437 g/mol. The summed E-state index contributed by atoms with van der Waals surface area (Å²) in [6, 6.07) is 11.0. The van der Waals surface area contributed by atoms with Crippen LogP contribution in [0.15, 0.2) is 48.8 Å². The largest absolute Gasteiger partial charge is 0.481 e. The lowest BCUT2D eigenvalue weighted by atomic mass is 10.1. The number of rotatable bonds is 9. The average Bonchev–Trinajstić information content (AvgIpc) is 2.79. The Morgan fingerprint density at radius 1 is 1.19 bits per heavy atom. The molecule has 0 bridgehead atoms. The van der Waals surface area contributed by atoms with Crippen LogP contribution in [0.5, 0.6) is 5.88 Å². The normalized spacial score (nSPS) is 10.7. The molecule has 0 aliphatic carbocycles. The fraction of sp³-hybridized carbons (Fsp3) is 0.273. The third-order valence-corrected chi connectivity index (χ3v) is 4.50. The number of benzene rings is 1. The van der Waals surface area contributed by atoms with Crippen LogP contribution in [0.3, 0.4) is 0 Å². The van der Waals surface area contributed by atoms with Crippen molar-refractivity contribution in [3.8, 4) is 5.88 Å². The second-order valence-corrected chi connectivity index (χ2v) is 7.60. The Morgan fingerprint density at radius 3 is 2.69 bits per heavy atom. The van der Waals surface area contributed by atoms with Gasteiger partial charge in [-0.25, -0.2) is 15.8 Å². The molecule has 0 aliphatic rings. The smallest absolute Gasteiger partial charge is 0.229 e. The first-order valence-corrected chi connectivity index (χ1v) is 10.2. The zero-order valence-electron chi connectivity index (χ0n) is 18.4. The number of hydrazine groups is 1. The molecule has 0 fully saturated rings. The van der Waals surface area contributed by atoms with Crippen LogP contribution >= 0.6 is 0 Å². The molecule has 0 saturated carbocycles. The Balaban J connectivity index is 1.74. The summed E-state index contributed by atoms with van der Waals surface area (Å²) in [5, 5.41) is 7.36. The van der Waals surface area contributed by atoms with Crippen LogP contribution in [0.1, 0.15) is 25.8 Å². The van der Waals surface area contributed by atoms with Gasteiger partial charge in [-0.15, -0.1) is 0 Å². The molecule has 0 saturated heterocycles. The Kier molecular flexibility index (Phi) is 7.40. The zero-order chi connectivity index (χ0) is 23.1. The highest BCUT2D eigenvalue weighted by Crippen LogP contribution is 2.27. The van der Waals surface area contributed by atoms with Crippen molar-refractivity contribution in [3.63, 3.8) is 0 Å². The van der Waals surface area contributed by atoms with Gasteiger partial charge in [-0.1, -0.05) is 26.0 Å². The monoisotopic (exact) mass is 436 g/mol. The maximum Gasteiger partial charge on any atom is 0.229 e. The standard InChI is InChI=1S/C22H28N8O2/c1-14(2)9-19(31)25-11-15-5-4-6-17(10-15)30(24)21-18(23)13-27-22(29-21)28-16-7-8-20(32-3)26-12-16/h4-8,10,12-14H,9,11,23-24H2,1-3H3,(H,25,31)(H,27,28,29). The highest BCUT2D eigenvalue weighted by atomic mass is 16.5. The molecule has 0 aliphatic heterocycles. The quantitative estimate of drug-likeness (QED) is 0.294. The molecule has 3 aromatic rings. The number of anilines is 5. The van der Waals surface area contributed by atoms with Crippen molar-refractivity contribution >= 4 is 34.7 Å². The summed E-state index contributed by atoms with van der Waals surface area (Å²) in [7, 11) is 1.55. The zero-order valence-corrected chi connectivity index (χ0v) is 18.4. The van der Waals surface area contributed by atoms with Gasteiger partial charge >= 0.3 is 0 Å². The molecule has 0 atom stereocenters. The van der Waals surface area contributed by atoms with Crippen molar-refractivity contribution in [2.24, 2.45) is 11.8 Å². The SMILES string of the molecule is COc1ccc(Nc2ncc(N)c(N(N)c3cccc(CNC(=O)CC(C)C)c3)n2)cn1. The summed E-state index contributed by atoms with van der Waals surface area (Å²) >= 11 is 0. The molecule has 2 aromatic heterocycles. The lowest BCUT2D eigenvalue weighted by molar-refractivity contribution is -0.121. The number of nitrogen functional groups attached to an aromatic ring is 1. The number of carbonyl (C=O) groups is 1. The number of ether oxygens (including phenoxy) is 1. The molecule has 3 rings (SSSR count). The minimum Gasteiger partial charge on any atom is -0.481 e. The molecule has 168 valence electrons. The molecule has 0 unspecified atom stereocenters. The summed E-state index contributed by atoms with van der Waals surface area (Å²) in [5.74, 6) is 7.80. The number of methoxy groups -OCH3 is 1. The van der Waals surface area contributed by atoms with Gasteiger partial charge in [0.25, 0.3) is 0 Å². The van der Waals surface area contributed by atoms with E-state index in [9.17, 15) is 4.79 Å². The van der Waals surface area contributed by atoms with E-state index in [1.54, 1.807) is 25.4 Å². The van der Waals surface area contributed by atoms with E-state index < -0.39 is 0 Å². The molecule has 10 heteroatoms. The minimum atomic E-state index is 0.0128. The summed E-state index contributed by atoms with van der Waals surface area (Å²) in [5.41, 5.74) is 8.66. The first-order chi connectivity index (χ1) is 15.4. The molecule has 1 amide bonds. The van der Waals surface area contributed by atoms with Crippen molar-refractivity contribution in [2.75, 3.05) is 23.2 Å². The van der Waals surface area contributed by atoms with Gasteiger partial charge in [0.15, 0.2) is 5.82 Å². The van der Waals surface area contributed by atoms with E-state index in [-0.39, 0.29) is 5.91 Å². The lowest BCUT2D eigenvalue weighted by Crippen LogP contribution is -2.28. The predicted octanol–water partition coefficient (Wildman–Crippen LogP) is 2.88. The van der Waals surface area contributed by atoms with E-state index in [0.717, 1.165) is 5.56 Å². The van der Waals surface area contributed by atoms with Crippen molar-refractivity contribution in [2.45, 2.75) is 26.8 Å². The molecule has 0 radical (unpaired) electrons. The van der Waals surface area contributed by atoms with E-state index >= 15 is 0 Å². The highest BCUT2D eigenvalue weighted by Gasteiger charge is 2.14. The van der Waals surface area contributed by atoms with Crippen LogP contribution in [0, 0.1) is 5.92 Å². The maximum absolute atomic E-state index is 11.9. The van der Waals surface area contributed by atoms with Gasteiger partial charge in [0.1, 0.15) is 0 Å². The Hall–Kier alpha value is -3.92. The fourth-order valence-corrected chi connectivity index (χ4v) is 2.92. The number of hydrogen-bond acceptors (Lipinski definition) is 9. The topological polar surface area (TPSA) is 144 Å². The highest BCUT2D eigenvalue weighted by molar-refractivity contribution is 5.76. The Morgan fingerprint density at radius 2 is 2.00 bits per heavy atom. The third-order valence-electron chi connectivity index (χ3n) is 4.50. The first kappa shape index (κ1) is 22.8. The maximum atomic E-state index is 11.9. The molecular weight excluding hydrogens is 408 g/mol. The fourth-order valence-electron chi connectivity index (χ4n) is 2.92. The predicted molar refractivity (Wildman–Crippen MR) is 125 cm³/mol. The van der Waals surface area contributed by atoms with Crippen molar-refractivity contribution in [1.29, 1.82) is 0 Å². The van der Waals surface area contributed by atoms with Crippen molar-refractivity contribution in [1.82, 2.24) is 20.3 Å². The van der Waals surface area contributed by atoms with Crippen LogP contribution in [0.2, 0.25) is 0 Å². The second-order valence-electron chi connectivity index (χ2n) is 7.60. The number of carbonyl (C=O) groups excluding carboxylic acids is 1. The molecule has 0 spiro atoms. The van der Waals surface area contributed by atoms with E-state index in [1.165, 1.54) is 11.2 Å². The number of nitrogens with zero attached hydrogens (tertiary/aromatic N) is 4. The van der Waals surface area contributed by atoms with Gasteiger partial charge < -0.3 is 21.1 Å². The summed E-state index contributed by atoms with van der Waals surface area (Å²) in [6.07, 6.45) is 3.58. The number of nitrogens with two attached hydrogens (primary N) is 2. The van der Waals surface area contributed by atoms with Gasteiger partial charge in [0, 0.05) is 19.0 Å². The first-order valence-electron chi connectivity index (χ1n) is 10.2. The summed E-state index contributed by atoms with van der Waals surface area (Å²) in [4.78, 5) is 24.7. The van der Waals surface area contributed by atoms with Crippen molar-refractivity contribution < 1.29 is 9.53 Å². The number of pyridine rings is 1. The second kappa shape index (κ2) is 10.4. The lowest BCUT2D eigenvalue weighted by Gasteiger charge is -2.20. The van der Waals surface area contributed by atoms with Gasteiger partial charge in [-0.3, -0.25) is 9.80 Å².